The predicted molar refractivity (Wildman–Crippen MR) is 66.3 cm³/mol. The first-order valence-corrected chi connectivity index (χ1v) is 6.18. The van der Waals surface area contributed by atoms with E-state index in [2.05, 4.69) is 19.2 Å². The third-order valence-electron chi connectivity index (χ3n) is 2.75. The van der Waals surface area contributed by atoms with Gasteiger partial charge in [0.25, 0.3) is 0 Å². The molecule has 0 heterocycles. The lowest BCUT2D eigenvalue weighted by molar-refractivity contribution is -0.122. The number of rotatable bonds is 9. The molecule has 0 aliphatic rings. The van der Waals surface area contributed by atoms with Crippen molar-refractivity contribution in [2.24, 2.45) is 0 Å². The van der Waals surface area contributed by atoms with Crippen LogP contribution in [0.1, 0.15) is 33.1 Å². The lowest BCUT2D eigenvalue weighted by Crippen LogP contribution is -2.44. The number of nitrogens with zero attached hydrogens (tertiary/aromatic N) is 2. The van der Waals surface area contributed by atoms with Gasteiger partial charge in [-0.05, 0) is 12.8 Å². The first-order valence-electron chi connectivity index (χ1n) is 6.18. The largest absolute Gasteiger partial charge is 0.395 e. The van der Waals surface area contributed by atoms with Gasteiger partial charge in [-0.1, -0.05) is 13.8 Å². The molecule has 0 bridgehead atoms. The van der Waals surface area contributed by atoms with Crippen LogP contribution in [0.5, 0.6) is 0 Å². The summed E-state index contributed by atoms with van der Waals surface area (Å²) in [5.41, 5.74) is 0. The molecule has 0 aliphatic carbocycles. The van der Waals surface area contributed by atoms with E-state index in [1.54, 1.807) is 0 Å². The van der Waals surface area contributed by atoms with Crippen LogP contribution in [0.3, 0.4) is 0 Å². The number of nitriles is 1. The van der Waals surface area contributed by atoms with Crippen molar-refractivity contribution in [2.75, 3.05) is 26.2 Å². The first kappa shape index (κ1) is 15.9. The van der Waals surface area contributed by atoms with Gasteiger partial charge in [0.2, 0.25) is 5.91 Å². The molecule has 0 fully saturated rings. The number of hydrogen-bond acceptors (Lipinski definition) is 4. The van der Waals surface area contributed by atoms with Crippen LogP contribution in [0.2, 0.25) is 0 Å². The normalized spacial score (nSPS) is 10.6. The van der Waals surface area contributed by atoms with Crippen molar-refractivity contribution in [3.63, 3.8) is 0 Å². The van der Waals surface area contributed by atoms with E-state index in [0.717, 1.165) is 12.8 Å². The van der Waals surface area contributed by atoms with Gasteiger partial charge < -0.3 is 10.4 Å². The zero-order chi connectivity index (χ0) is 13.1. The van der Waals surface area contributed by atoms with Gasteiger partial charge in [0.05, 0.1) is 25.6 Å². The quantitative estimate of drug-likeness (QED) is 0.576. The molecule has 17 heavy (non-hydrogen) atoms. The van der Waals surface area contributed by atoms with Crippen molar-refractivity contribution in [1.82, 2.24) is 10.2 Å². The molecule has 5 heteroatoms. The van der Waals surface area contributed by atoms with Crippen molar-refractivity contribution in [3.05, 3.63) is 0 Å². The molecular formula is C12H23N3O2. The topological polar surface area (TPSA) is 76.4 Å². The molecule has 0 radical (unpaired) electrons. The Labute approximate surface area is 103 Å². The molecule has 2 N–H and O–H groups in total. The molecule has 5 nitrogen and oxygen atoms in total. The standard InChI is InChI=1S/C12H23N3O2/c1-3-11(4-2)15(8-9-16)10-12(17)14-7-5-6-13/h11,16H,3-5,7-10H2,1-2H3,(H,14,17). The van der Waals surface area contributed by atoms with E-state index in [0.29, 0.717) is 32.1 Å². The summed E-state index contributed by atoms with van der Waals surface area (Å²) in [7, 11) is 0. The molecule has 98 valence electrons. The first-order chi connectivity index (χ1) is 8.19. The maximum absolute atomic E-state index is 11.6. The molecule has 1 amide bonds. The van der Waals surface area contributed by atoms with Crippen LogP contribution >= 0.6 is 0 Å². The average Bonchev–Trinajstić information content (AvgIpc) is 2.31. The summed E-state index contributed by atoms with van der Waals surface area (Å²) in [5.74, 6) is -0.0828. The van der Waals surface area contributed by atoms with Gasteiger partial charge >= 0.3 is 0 Å². The average molecular weight is 241 g/mol. The smallest absolute Gasteiger partial charge is 0.234 e. The molecule has 0 saturated heterocycles. The van der Waals surface area contributed by atoms with Gasteiger partial charge in [0, 0.05) is 19.1 Å². The van der Waals surface area contributed by atoms with Gasteiger partial charge in [-0.2, -0.15) is 5.26 Å². The number of carbonyl (C=O) groups is 1. The minimum Gasteiger partial charge on any atom is -0.395 e. The Morgan fingerprint density at radius 1 is 1.47 bits per heavy atom. The summed E-state index contributed by atoms with van der Waals surface area (Å²) in [6, 6.07) is 2.30. The highest BCUT2D eigenvalue weighted by molar-refractivity contribution is 5.78. The van der Waals surface area contributed by atoms with Crippen LogP contribution in [0.4, 0.5) is 0 Å². The van der Waals surface area contributed by atoms with Crippen LogP contribution in [0.25, 0.3) is 0 Å². The van der Waals surface area contributed by atoms with Crippen LogP contribution < -0.4 is 5.32 Å². The summed E-state index contributed by atoms with van der Waals surface area (Å²) < 4.78 is 0. The Balaban J connectivity index is 4.14. The van der Waals surface area contributed by atoms with Crippen molar-refractivity contribution in [2.45, 2.75) is 39.2 Å². The molecule has 0 spiro atoms. The fraction of sp³-hybridized carbons (Fsp3) is 0.833. The second kappa shape index (κ2) is 10.1. The monoisotopic (exact) mass is 241 g/mol. The highest BCUT2D eigenvalue weighted by Crippen LogP contribution is 2.07. The molecule has 0 aromatic rings. The third-order valence-corrected chi connectivity index (χ3v) is 2.75. The zero-order valence-electron chi connectivity index (χ0n) is 10.8. The highest BCUT2D eigenvalue weighted by Gasteiger charge is 2.17. The summed E-state index contributed by atoms with van der Waals surface area (Å²) in [5, 5.41) is 20.0. The second-order valence-corrected chi connectivity index (χ2v) is 3.92. The Hall–Kier alpha value is -1.12. The Morgan fingerprint density at radius 3 is 2.59 bits per heavy atom. The van der Waals surface area contributed by atoms with Crippen molar-refractivity contribution >= 4 is 5.91 Å². The number of aliphatic hydroxyl groups is 1. The van der Waals surface area contributed by atoms with E-state index in [9.17, 15) is 4.79 Å². The number of hydrogen-bond donors (Lipinski definition) is 2. The highest BCUT2D eigenvalue weighted by atomic mass is 16.3. The second-order valence-electron chi connectivity index (χ2n) is 3.92. The van der Waals surface area contributed by atoms with E-state index in [-0.39, 0.29) is 12.5 Å². The number of nitrogens with one attached hydrogen (secondary N) is 1. The summed E-state index contributed by atoms with van der Waals surface area (Å²) in [4.78, 5) is 13.6. The number of carbonyl (C=O) groups excluding carboxylic acids is 1. The molecule has 0 aliphatic heterocycles. The SMILES string of the molecule is CCC(CC)N(CCO)CC(=O)NCCC#N. The van der Waals surface area contributed by atoms with Crippen molar-refractivity contribution < 1.29 is 9.90 Å². The zero-order valence-corrected chi connectivity index (χ0v) is 10.8. The molecule has 0 unspecified atom stereocenters. The van der Waals surface area contributed by atoms with E-state index in [4.69, 9.17) is 10.4 Å². The summed E-state index contributed by atoms with van der Waals surface area (Å²) in [6.07, 6.45) is 2.25. The molecule has 0 saturated carbocycles. The Bertz CT molecular complexity index is 247. The van der Waals surface area contributed by atoms with E-state index < -0.39 is 0 Å². The van der Waals surface area contributed by atoms with E-state index in [1.165, 1.54) is 0 Å². The van der Waals surface area contributed by atoms with E-state index in [1.807, 2.05) is 11.0 Å². The minimum atomic E-state index is -0.0828. The fourth-order valence-corrected chi connectivity index (χ4v) is 1.82. The minimum absolute atomic E-state index is 0.0575. The summed E-state index contributed by atoms with van der Waals surface area (Å²) >= 11 is 0. The number of aliphatic hydroxyl groups excluding tert-OH is 1. The van der Waals surface area contributed by atoms with Gasteiger partial charge in [-0.15, -0.1) is 0 Å². The van der Waals surface area contributed by atoms with Crippen molar-refractivity contribution in [3.8, 4) is 6.07 Å². The number of amides is 1. The van der Waals surface area contributed by atoms with Crippen molar-refractivity contribution in [1.29, 1.82) is 5.26 Å². The van der Waals surface area contributed by atoms with Gasteiger partial charge in [-0.25, -0.2) is 0 Å². The molecule has 0 atom stereocenters. The third kappa shape index (κ3) is 6.93. The lowest BCUT2D eigenvalue weighted by atomic mass is 10.1. The van der Waals surface area contributed by atoms with Gasteiger partial charge in [-0.3, -0.25) is 9.69 Å². The van der Waals surface area contributed by atoms with Gasteiger partial charge in [0.15, 0.2) is 0 Å². The van der Waals surface area contributed by atoms with Crippen LogP contribution in [0, 0.1) is 11.3 Å². The molecule has 0 aromatic carbocycles. The van der Waals surface area contributed by atoms with Crippen LogP contribution in [-0.4, -0.2) is 48.2 Å². The Morgan fingerprint density at radius 2 is 2.12 bits per heavy atom. The Kier molecular flexibility index (Phi) is 9.40. The maximum atomic E-state index is 11.6. The summed E-state index contributed by atoms with van der Waals surface area (Å²) in [6.45, 7) is 5.40. The fourth-order valence-electron chi connectivity index (χ4n) is 1.82. The lowest BCUT2D eigenvalue weighted by Gasteiger charge is -2.29. The molecular weight excluding hydrogens is 218 g/mol. The maximum Gasteiger partial charge on any atom is 0.234 e. The van der Waals surface area contributed by atoms with E-state index >= 15 is 0 Å². The van der Waals surface area contributed by atoms with Gasteiger partial charge in [0.1, 0.15) is 0 Å². The molecule has 0 aromatic heterocycles. The predicted octanol–water partition coefficient (Wildman–Crippen LogP) is 0.499. The molecule has 0 rings (SSSR count). The van der Waals surface area contributed by atoms with Crippen LogP contribution in [0.15, 0.2) is 0 Å². The van der Waals surface area contributed by atoms with Crippen LogP contribution in [-0.2, 0) is 4.79 Å².